The number of morpholine rings is 1. The van der Waals surface area contributed by atoms with E-state index in [0.29, 0.717) is 11.6 Å². The van der Waals surface area contributed by atoms with Gasteiger partial charge in [0.15, 0.2) is 0 Å². The highest BCUT2D eigenvalue weighted by atomic mass is 35.5. The third-order valence-corrected chi connectivity index (χ3v) is 6.68. The SMILES string of the molecule is CC(C)N(C)C(=O)Cn1c(-c2cccc(Cl)c2)cc2cc(OCCCN3CCOCC3)ccc21. The monoisotopic (exact) mass is 483 g/mol. The summed E-state index contributed by atoms with van der Waals surface area (Å²) >= 11 is 6.28. The van der Waals surface area contributed by atoms with Crippen LogP contribution in [0.3, 0.4) is 0 Å². The highest BCUT2D eigenvalue weighted by molar-refractivity contribution is 6.30. The molecule has 0 unspecified atom stereocenters. The Morgan fingerprint density at radius 1 is 1.15 bits per heavy atom. The normalized spacial score (nSPS) is 14.6. The Morgan fingerprint density at radius 3 is 2.68 bits per heavy atom. The number of likely N-dealkylation sites (N-methyl/N-ethyl adjacent to an activating group) is 1. The molecule has 0 bridgehead atoms. The number of amides is 1. The van der Waals surface area contributed by atoms with Crippen LogP contribution in [0.4, 0.5) is 0 Å². The zero-order valence-corrected chi connectivity index (χ0v) is 21.1. The standard InChI is InChI=1S/C27H34ClN3O3/c1-20(2)29(3)27(32)19-31-25-9-8-24(34-13-5-10-30-11-14-33-15-12-30)17-22(25)18-26(31)21-6-4-7-23(28)16-21/h4,6-9,16-18,20H,5,10-15,19H2,1-3H3. The van der Waals surface area contributed by atoms with Gasteiger partial charge in [0.1, 0.15) is 12.3 Å². The van der Waals surface area contributed by atoms with Crippen molar-refractivity contribution in [2.75, 3.05) is 46.5 Å². The van der Waals surface area contributed by atoms with Crippen molar-refractivity contribution in [2.24, 2.45) is 0 Å². The summed E-state index contributed by atoms with van der Waals surface area (Å²) in [6.07, 6.45) is 0.975. The molecule has 2 aromatic carbocycles. The molecule has 7 heteroatoms. The van der Waals surface area contributed by atoms with Crippen molar-refractivity contribution in [3.05, 3.63) is 53.6 Å². The molecule has 34 heavy (non-hydrogen) atoms. The first-order valence-corrected chi connectivity index (χ1v) is 12.4. The molecule has 4 rings (SSSR count). The minimum absolute atomic E-state index is 0.0687. The number of nitrogens with zero attached hydrogens (tertiary/aromatic N) is 3. The summed E-state index contributed by atoms with van der Waals surface area (Å²) < 4.78 is 13.5. The zero-order valence-electron chi connectivity index (χ0n) is 20.3. The molecule has 0 atom stereocenters. The van der Waals surface area contributed by atoms with E-state index in [1.807, 2.05) is 57.3 Å². The first kappa shape index (κ1) is 24.6. The van der Waals surface area contributed by atoms with Crippen LogP contribution in [-0.2, 0) is 16.1 Å². The van der Waals surface area contributed by atoms with Gasteiger partial charge in [0.2, 0.25) is 5.91 Å². The molecule has 0 spiro atoms. The summed E-state index contributed by atoms with van der Waals surface area (Å²) in [5.74, 6) is 0.911. The molecule has 0 N–H and O–H groups in total. The molecule has 2 heterocycles. The minimum Gasteiger partial charge on any atom is -0.494 e. The van der Waals surface area contributed by atoms with Crippen molar-refractivity contribution < 1.29 is 14.3 Å². The first-order chi connectivity index (χ1) is 16.4. The predicted molar refractivity (Wildman–Crippen MR) is 138 cm³/mol. The Balaban J connectivity index is 1.54. The van der Waals surface area contributed by atoms with E-state index in [1.165, 1.54) is 0 Å². The van der Waals surface area contributed by atoms with Crippen molar-refractivity contribution in [2.45, 2.75) is 32.9 Å². The number of fused-ring (bicyclic) bond motifs is 1. The lowest BCUT2D eigenvalue weighted by atomic mass is 10.1. The summed E-state index contributed by atoms with van der Waals surface area (Å²) in [5.41, 5.74) is 2.95. The molecule has 3 aromatic rings. The maximum atomic E-state index is 13.0. The van der Waals surface area contributed by atoms with Crippen LogP contribution in [0, 0.1) is 0 Å². The fourth-order valence-corrected chi connectivity index (χ4v) is 4.42. The molecule has 1 aliphatic rings. The summed E-state index contributed by atoms with van der Waals surface area (Å²) in [6.45, 7) is 9.62. The molecule has 0 aliphatic carbocycles. The van der Waals surface area contributed by atoms with Gasteiger partial charge < -0.3 is 18.9 Å². The number of ether oxygens (including phenoxy) is 2. The number of rotatable bonds is 9. The van der Waals surface area contributed by atoms with Crippen LogP contribution in [0.5, 0.6) is 5.75 Å². The molecule has 1 saturated heterocycles. The average Bonchev–Trinajstić information content (AvgIpc) is 3.19. The largest absolute Gasteiger partial charge is 0.494 e. The van der Waals surface area contributed by atoms with Crippen LogP contribution in [0.2, 0.25) is 5.02 Å². The Morgan fingerprint density at radius 2 is 1.94 bits per heavy atom. The lowest BCUT2D eigenvalue weighted by molar-refractivity contribution is -0.131. The molecule has 1 aliphatic heterocycles. The van der Waals surface area contributed by atoms with E-state index in [2.05, 4.69) is 21.6 Å². The van der Waals surface area contributed by atoms with Crippen LogP contribution in [0.15, 0.2) is 48.5 Å². The Bertz CT molecular complexity index is 1120. The first-order valence-electron chi connectivity index (χ1n) is 12.0. The highest BCUT2D eigenvalue weighted by Crippen LogP contribution is 2.32. The fourth-order valence-electron chi connectivity index (χ4n) is 4.23. The van der Waals surface area contributed by atoms with Crippen molar-refractivity contribution in [3.8, 4) is 17.0 Å². The second kappa shape index (κ2) is 11.3. The summed E-state index contributed by atoms with van der Waals surface area (Å²) in [7, 11) is 1.85. The van der Waals surface area contributed by atoms with E-state index in [1.54, 1.807) is 4.90 Å². The Labute approximate surface area is 207 Å². The molecular weight excluding hydrogens is 450 g/mol. The van der Waals surface area contributed by atoms with E-state index in [-0.39, 0.29) is 18.5 Å². The molecule has 182 valence electrons. The van der Waals surface area contributed by atoms with Gasteiger partial charge in [-0.1, -0.05) is 23.7 Å². The van der Waals surface area contributed by atoms with E-state index >= 15 is 0 Å². The second-order valence-corrected chi connectivity index (χ2v) is 9.54. The van der Waals surface area contributed by atoms with Gasteiger partial charge in [-0.3, -0.25) is 9.69 Å². The smallest absolute Gasteiger partial charge is 0.242 e. The number of carbonyl (C=O) groups is 1. The molecular formula is C27H34ClN3O3. The number of hydrogen-bond acceptors (Lipinski definition) is 4. The van der Waals surface area contributed by atoms with Crippen LogP contribution < -0.4 is 4.74 Å². The maximum Gasteiger partial charge on any atom is 0.242 e. The molecule has 6 nitrogen and oxygen atoms in total. The summed E-state index contributed by atoms with van der Waals surface area (Å²) in [4.78, 5) is 17.2. The quantitative estimate of drug-likeness (QED) is 0.405. The van der Waals surface area contributed by atoms with Crippen LogP contribution in [0.1, 0.15) is 20.3 Å². The second-order valence-electron chi connectivity index (χ2n) is 9.10. The number of carbonyl (C=O) groups excluding carboxylic acids is 1. The third-order valence-electron chi connectivity index (χ3n) is 6.45. The summed E-state index contributed by atoms with van der Waals surface area (Å²) in [5, 5.41) is 1.71. The van der Waals surface area contributed by atoms with Crippen molar-refractivity contribution in [1.29, 1.82) is 0 Å². The predicted octanol–water partition coefficient (Wildman–Crippen LogP) is 4.93. The van der Waals surface area contributed by atoms with Crippen LogP contribution in [0.25, 0.3) is 22.2 Å². The van der Waals surface area contributed by atoms with E-state index < -0.39 is 0 Å². The van der Waals surface area contributed by atoms with E-state index in [0.717, 1.165) is 67.2 Å². The lowest BCUT2D eigenvalue weighted by Crippen LogP contribution is -2.37. The number of benzene rings is 2. The lowest BCUT2D eigenvalue weighted by Gasteiger charge is -2.26. The zero-order chi connectivity index (χ0) is 24.1. The van der Waals surface area contributed by atoms with E-state index in [4.69, 9.17) is 21.1 Å². The minimum atomic E-state index is 0.0687. The van der Waals surface area contributed by atoms with Gasteiger partial charge in [0.05, 0.1) is 19.8 Å². The number of aromatic nitrogens is 1. The topological polar surface area (TPSA) is 46.9 Å². The highest BCUT2D eigenvalue weighted by Gasteiger charge is 2.18. The Hall–Kier alpha value is -2.54. The number of hydrogen-bond donors (Lipinski definition) is 0. The molecule has 1 amide bonds. The maximum absolute atomic E-state index is 13.0. The van der Waals surface area contributed by atoms with Gasteiger partial charge >= 0.3 is 0 Å². The Kier molecular flexibility index (Phi) is 8.14. The van der Waals surface area contributed by atoms with Crippen LogP contribution >= 0.6 is 11.6 Å². The molecule has 1 fully saturated rings. The van der Waals surface area contributed by atoms with Crippen molar-refractivity contribution in [1.82, 2.24) is 14.4 Å². The van der Waals surface area contributed by atoms with Gasteiger partial charge in [0.25, 0.3) is 0 Å². The molecule has 0 saturated carbocycles. The van der Waals surface area contributed by atoms with Gasteiger partial charge in [-0.15, -0.1) is 0 Å². The van der Waals surface area contributed by atoms with Gasteiger partial charge in [-0.05, 0) is 62.2 Å². The van der Waals surface area contributed by atoms with Gasteiger partial charge in [0, 0.05) is 54.3 Å². The van der Waals surface area contributed by atoms with Crippen molar-refractivity contribution in [3.63, 3.8) is 0 Å². The van der Waals surface area contributed by atoms with E-state index in [9.17, 15) is 4.79 Å². The van der Waals surface area contributed by atoms with Crippen molar-refractivity contribution >= 4 is 28.4 Å². The van der Waals surface area contributed by atoms with Gasteiger partial charge in [-0.2, -0.15) is 0 Å². The fraction of sp³-hybridized carbons (Fsp3) is 0.444. The number of halogens is 1. The molecule has 0 radical (unpaired) electrons. The average molecular weight is 484 g/mol. The summed E-state index contributed by atoms with van der Waals surface area (Å²) in [6, 6.07) is 16.1. The van der Waals surface area contributed by atoms with Gasteiger partial charge in [-0.25, -0.2) is 0 Å². The third kappa shape index (κ3) is 5.93. The molecule has 1 aromatic heterocycles. The van der Waals surface area contributed by atoms with Crippen LogP contribution in [-0.4, -0.2) is 72.8 Å².